The second kappa shape index (κ2) is 3.87. The van der Waals surface area contributed by atoms with E-state index < -0.39 is 0 Å². The summed E-state index contributed by atoms with van der Waals surface area (Å²) in [7, 11) is 9.31. The number of hydrogen-bond donors (Lipinski definition) is 2. The summed E-state index contributed by atoms with van der Waals surface area (Å²) in [6, 6.07) is 0. The van der Waals surface area contributed by atoms with Crippen LogP contribution < -0.4 is 10.6 Å². The second-order valence-electron chi connectivity index (χ2n) is 4.35. The van der Waals surface area contributed by atoms with Crippen LogP contribution in [0.2, 0.25) is 5.04 Å². The minimum absolute atomic E-state index is 0.0841. The maximum absolute atomic E-state index is 3.35. The average Bonchev–Trinajstić information content (AvgIpc) is 1.87. The Bertz CT molecular complexity index is 136. The van der Waals surface area contributed by atoms with Gasteiger partial charge in [0.15, 0.2) is 0 Å². The Balaban J connectivity index is 4.83. The molecule has 0 amide bonds. The van der Waals surface area contributed by atoms with E-state index in [4.69, 9.17) is 0 Å². The number of nitrogens with zero attached hydrogens (tertiary/aromatic N) is 1. The summed E-state index contributed by atoms with van der Waals surface area (Å²) >= 11 is 0. The highest BCUT2D eigenvalue weighted by molar-refractivity contribution is 6.15. The summed E-state index contributed by atoms with van der Waals surface area (Å²) in [5.74, 6) is -0.0841. The first-order valence-electron chi connectivity index (χ1n) is 4.37. The fourth-order valence-electron chi connectivity index (χ4n) is 1.99. The van der Waals surface area contributed by atoms with Crippen molar-refractivity contribution in [3.05, 3.63) is 0 Å². The van der Waals surface area contributed by atoms with Gasteiger partial charge in [-0.25, -0.2) is 0 Å². The maximum Gasteiger partial charge on any atom is 0.126 e. The number of hydrogen-bond acceptors (Lipinski definition) is 3. The van der Waals surface area contributed by atoms with E-state index in [0.29, 0.717) is 0 Å². The quantitative estimate of drug-likeness (QED) is 0.448. The number of rotatable bonds is 4. The van der Waals surface area contributed by atoms with Gasteiger partial charge in [-0.05, 0) is 33.2 Å². The van der Waals surface area contributed by atoms with Crippen LogP contribution in [0.15, 0.2) is 0 Å². The lowest BCUT2D eigenvalue weighted by molar-refractivity contribution is 0.0459. The summed E-state index contributed by atoms with van der Waals surface area (Å²) in [6.45, 7) is 4.54. The molecule has 0 rings (SSSR count). The Labute approximate surface area is 79.3 Å². The van der Waals surface area contributed by atoms with E-state index in [1.807, 2.05) is 14.1 Å². The molecule has 0 radical (unpaired) electrons. The van der Waals surface area contributed by atoms with Gasteiger partial charge in [0, 0.05) is 10.2 Å². The SMILES string of the molecule is CNC(NC)(N(C)C)C(C)(C)[SiH3]. The van der Waals surface area contributed by atoms with Gasteiger partial charge in [-0.15, -0.1) is 0 Å². The molecule has 0 aromatic rings. The van der Waals surface area contributed by atoms with Crippen LogP contribution in [0.25, 0.3) is 0 Å². The van der Waals surface area contributed by atoms with Crippen molar-refractivity contribution in [2.24, 2.45) is 0 Å². The molecule has 0 aromatic heterocycles. The van der Waals surface area contributed by atoms with Gasteiger partial charge in [0.2, 0.25) is 0 Å². The van der Waals surface area contributed by atoms with E-state index in [-0.39, 0.29) is 10.8 Å². The zero-order chi connectivity index (χ0) is 9.99. The van der Waals surface area contributed by atoms with Crippen molar-refractivity contribution in [2.75, 3.05) is 28.2 Å². The Morgan fingerprint density at radius 1 is 1.08 bits per heavy atom. The molecule has 0 unspecified atom stereocenters. The molecule has 0 atom stereocenters. The predicted molar refractivity (Wildman–Crippen MR) is 58.5 cm³/mol. The average molecular weight is 189 g/mol. The van der Waals surface area contributed by atoms with E-state index in [9.17, 15) is 0 Å². The molecule has 4 heteroatoms. The van der Waals surface area contributed by atoms with Crippen LogP contribution in [-0.4, -0.2) is 49.1 Å². The fourth-order valence-corrected chi connectivity index (χ4v) is 2.94. The predicted octanol–water partition coefficient (Wildman–Crippen LogP) is -0.795. The Kier molecular flexibility index (Phi) is 3.90. The maximum atomic E-state index is 3.35. The van der Waals surface area contributed by atoms with Crippen molar-refractivity contribution in [3.8, 4) is 0 Å². The lowest BCUT2D eigenvalue weighted by Crippen LogP contribution is -2.68. The van der Waals surface area contributed by atoms with Gasteiger partial charge in [-0.3, -0.25) is 15.5 Å². The van der Waals surface area contributed by atoms with E-state index in [0.717, 1.165) is 10.2 Å². The summed E-state index contributed by atoms with van der Waals surface area (Å²) in [5.41, 5.74) is 0. The van der Waals surface area contributed by atoms with Gasteiger partial charge in [-0.2, -0.15) is 0 Å². The Morgan fingerprint density at radius 3 is 1.42 bits per heavy atom. The summed E-state index contributed by atoms with van der Waals surface area (Å²) in [5, 5.41) is 6.99. The fraction of sp³-hybridized carbons (Fsp3) is 1.00. The standard InChI is InChI=1S/C8H23N3Si/c1-7(2,12)8(9-3,10-4)11(5)6/h9-10H,1-6,12H3. The molecule has 0 aliphatic carbocycles. The molecule has 3 nitrogen and oxygen atoms in total. The highest BCUT2D eigenvalue weighted by Gasteiger charge is 2.41. The van der Waals surface area contributed by atoms with Crippen LogP contribution in [-0.2, 0) is 0 Å². The minimum Gasteiger partial charge on any atom is -0.290 e. The van der Waals surface area contributed by atoms with E-state index >= 15 is 0 Å². The third-order valence-corrected chi connectivity index (χ3v) is 3.20. The molecule has 0 heterocycles. The van der Waals surface area contributed by atoms with Crippen molar-refractivity contribution in [1.29, 1.82) is 0 Å². The van der Waals surface area contributed by atoms with Crippen LogP contribution in [0, 0.1) is 0 Å². The first kappa shape index (κ1) is 12.1. The summed E-state index contributed by atoms with van der Waals surface area (Å²) < 4.78 is 0. The van der Waals surface area contributed by atoms with Crippen LogP contribution in [0.1, 0.15) is 13.8 Å². The van der Waals surface area contributed by atoms with Crippen LogP contribution in [0.4, 0.5) is 0 Å². The molecule has 0 aromatic carbocycles. The molecule has 0 saturated carbocycles. The van der Waals surface area contributed by atoms with Gasteiger partial charge in [0.1, 0.15) is 5.79 Å². The molecule has 0 bridgehead atoms. The summed E-state index contributed by atoms with van der Waals surface area (Å²) in [4.78, 5) is 2.19. The van der Waals surface area contributed by atoms with Crippen LogP contribution >= 0.6 is 0 Å². The molecule has 12 heavy (non-hydrogen) atoms. The third-order valence-electron chi connectivity index (χ3n) is 2.48. The highest BCUT2D eigenvalue weighted by Crippen LogP contribution is 2.33. The van der Waals surface area contributed by atoms with Gasteiger partial charge in [0.25, 0.3) is 0 Å². The van der Waals surface area contributed by atoms with Crippen LogP contribution in [0.3, 0.4) is 0 Å². The molecule has 2 N–H and O–H groups in total. The minimum atomic E-state index is -0.0841. The van der Waals surface area contributed by atoms with Gasteiger partial charge >= 0.3 is 0 Å². The van der Waals surface area contributed by atoms with Gasteiger partial charge in [-0.1, -0.05) is 13.8 Å². The van der Waals surface area contributed by atoms with Crippen molar-refractivity contribution in [3.63, 3.8) is 0 Å². The largest absolute Gasteiger partial charge is 0.290 e. The Hall–Kier alpha value is 0.0969. The normalized spacial score (nSPS) is 14.2. The Morgan fingerprint density at radius 2 is 1.42 bits per heavy atom. The second-order valence-corrected chi connectivity index (χ2v) is 6.85. The molecular weight excluding hydrogens is 166 g/mol. The molecule has 0 aliphatic rings. The van der Waals surface area contributed by atoms with Crippen molar-refractivity contribution in [1.82, 2.24) is 15.5 Å². The molecule has 74 valence electrons. The molecular formula is C8H23N3Si. The van der Waals surface area contributed by atoms with E-state index in [2.05, 4.69) is 43.5 Å². The third kappa shape index (κ3) is 1.88. The highest BCUT2D eigenvalue weighted by atomic mass is 28.1. The molecule has 0 spiro atoms. The van der Waals surface area contributed by atoms with Crippen molar-refractivity contribution in [2.45, 2.75) is 24.7 Å². The van der Waals surface area contributed by atoms with Gasteiger partial charge < -0.3 is 0 Å². The van der Waals surface area contributed by atoms with E-state index in [1.165, 1.54) is 0 Å². The lowest BCUT2D eigenvalue weighted by Gasteiger charge is -2.49. The first-order valence-corrected chi connectivity index (χ1v) is 5.37. The van der Waals surface area contributed by atoms with Gasteiger partial charge in [0.05, 0.1) is 0 Å². The zero-order valence-electron chi connectivity index (χ0n) is 9.45. The van der Waals surface area contributed by atoms with Crippen molar-refractivity contribution < 1.29 is 0 Å². The van der Waals surface area contributed by atoms with Crippen molar-refractivity contribution >= 4 is 10.2 Å². The molecule has 0 aliphatic heterocycles. The topological polar surface area (TPSA) is 27.3 Å². The molecule has 0 saturated heterocycles. The van der Waals surface area contributed by atoms with E-state index in [1.54, 1.807) is 0 Å². The van der Waals surface area contributed by atoms with Crippen LogP contribution in [0.5, 0.6) is 0 Å². The number of nitrogens with one attached hydrogen (secondary N) is 2. The smallest absolute Gasteiger partial charge is 0.126 e. The molecule has 0 fully saturated rings. The zero-order valence-corrected chi connectivity index (χ0v) is 11.4. The monoisotopic (exact) mass is 189 g/mol. The first-order chi connectivity index (χ1) is 5.31. The summed E-state index contributed by atoms with van der Waals surface area (Å²) in [6.07, 6.45) is 0. The lowest BCUT2D eigenvalue weighted by atomic mass is 10.0.